The average molecular weight is 641 g/mol. The van der Waals surface area contributed by atoms with E-state index >= 15 is 0 Å². The van der Waals surface area contributed by atoms with Crippen LogP contribution in [-0.4, -0.2) is 106 Å². The molecule has 0 unspecified atom stereocenters. The van der Waals surface area contributed by atoms with Crippen molar-refractivity contribution < 1.29 is 57.5 Å². The van der Waals surface area contributed by atoms with Crippen molar-refractivity contribution in [2.24, 2.45) is 5.41 Å². The predicted octanol–water partition coefficient (Wildman–Crippen LogP) is 4.31. The van der Waals surface area contributed by atoms with Crippen LogP contribution in [0.25, 0.3) is 0 Å². The molecule has 3 fully saturated rings. The third-order valence-corrected chi connectivity index (χ3v) is 9.10. The Morgan fingerprint density at radius 1 is 0.905 bits per heavy atom. The van der Waals surface area contributed by atoms with Crippen LogP contribution in [0.2, 0.25) is 0 Å². The van der Waals surface area contributed by atoms with Crippen LogP contribution in [0.15, 0.2) is 18.2 Å². The summed E-state index contributed by atoms with van der Waals surface area (Å²) in [4.78, 5) is 16.3. The molecule has 3 aliphatic rings. The van der Waals surface area contributed by atoms with Crippen molar-refractivity contribution in [1.82, 2.24) is 14.1 Å². The zero-order valence-corrected chi connectivity index (χ0v) is 23.1. The highest BCUT2D eigenvalue weighted by molar-refractivity contribution is 7.88. The summed E-state index contributed by atoms with van der Waals surface area (Å²) in [6.45, 7) is 1.18. The van der Waals surface area contributed by atoms with Gasteiger partial charge in [0.15, 0.2) is 0 Å². The maximum Gasteiger partial charge on any atom is 0.434 e. The molecule has 0 aromatic heterocycles. The van der Waals surface area contributed by atoms with Crippen molar-refractivity contribution in [3.05, 3.63) is 29.3 Å². The first-order valence-electron chi connectivity index (χ1n) is 12.9. The fourth-order valence-electron chi connectivity index (χ4n) is 5.47. The Labute approximate surface area is 236 Å². The van der Waals surface area contributed by atoms with Crippen LogP contribution in [0.5, 0.6) is 0 Å². The Hall–Kier alpha value is -2.47. The smallest absolute Gasteiger partial charge is 0.426 e. The number of rotatable bonds is 5. The fraction of sp³-hybridized carbons (Fsp3) is 0.708. The number of halogens is 9. The predicted molar refractivity (Wildman–Crippen MR) is 131 cm³/mol. The topological polar surface area (TPSA) is 73.4 Å². The lowest BCUT2D eigenvalue weighted by molar-refractivity contribution is -0.308. The molecule has 0 N–H and O–H groups in total. The Bertz CT molecular complexity index is 1230. The first-order chi connectivity index (χ1) is 19.2. The third kappa shape index (κ3) is 7.35. The number of hydrogen-bond acceptors (Lipinski definition) is 6. The summed E-state index contributed by atoms with van der Waals surface area (Å²) in [7, 11) is -3.32. The number of piperazine rings is 1. The number of carbonyl (C=O) groups excluding carboxylic acids is 1. The van der Waals surface area contributed by atoms with E-state index in [0.29, 0.717) is 50.3 Å². The molecule has 1 aromatic carbocycles. The highest BCUT2D eigenvalue weighted by Gasteiger charge is 2.60. The van der Waals surface area contributed by atoms with Crippen LogP contribution < -0.4 is 4.90 Å². The van der Waals surface area contributed by atoms with Crippen molar-refractivity contribution in [2.45, 2.75) is 44.0 Å². The fourth-order valence-corrected chi connectivity index (χ4v) is 6.48. The lowest BCUT2D eigenvalue weighted by atomic mass is 9.73. The van der Waals surface area contributed by atoms with Crippen LogP contribution in [0.3, 0.4) is 0 Å². The van der Waals surface area contributed by atoms with Crippen molar-refractivity contribution in [1.29, 1.82) is 0 Å². The first-order valence-corrected chi connectivity index (χ1v) is 14.7. The van der Waals surface area contributed by atoms with Gasteiger partial charge < -0.3 is 14.5 Å². The summed E-state index contributed by atoms with van der Waals surface area (Å²) >= 11 is 0. The van der Waals surface area contributed by atoms with Crippen LogP contribution >= 0.6 is 0 Å². The van der Waals surface area contributed by atoms with Gasteiger partial charge in [-0.15, -0.1) is 0 Å². The highest BCUT2D eigenvalue weighted by Crippen LogP contribution is 2.44. The summed E-state index contributed by atoms with van der Waals surface area (Å²) in [6.07, 6.45) is -20.0. The standard InChI is InChI=1S/C24H29F9N4O4S/c1-42(39,40)37-14-21(15-37)4-6-35(7-5-21)18-12-17(22(25,26)27)3-2-16(18)13-34-8-10-36(11-9-34)20(38)41-19(23(28,29)30)24(31,32)33/h2-3,12,19H,4-11,13-15H2,1H3. The molecule has 1 aromatic rings. The highest BCUT2D eigenvalue weighted by atomic mass is 32.2. The van der Waals surface area contributed by atoms with Crippen LogP contribution in [0.4, 0.5) is 50.0 Å². The van der Waals surface area contributed by atoms with Crippen LogP contribution in [0, 0.1) is 5.41 Å². The molecular weight excluding hydrogens is 611 g/mol. The minimum absolute atomic E-state index is 0.0305. The molecule has 3 aliphatic heterocycles. The summed E-state index contributed by atoms with van der Waals surface area (Å²) in [5.74, 6) is 0. The quantitative estimate of drug-likeness (QED) is 0.447. The number of benzene rings is 1. The molecule has 0 saturated carbocycles. The van der Waals surface area contributed by atoms with Crippen molar-refractivity contribution in [3.63, 3.8) is 0 Å². The van der Waals surface area contributed by atoms with Crippen LogP contribution in [-0.2, 0) is 27.5 Å². The van der Waals surface area contributed by atoms with E-state index in [4.69, 9.17) is 0 Å². The lowest BCUT2D eigenvalue weighted by Crippen LogP contribution is -2.61. The van der Waals surface area contributed by atoms with E-state index in [0.717, 1.165) is 23.3 Å². The monoisotopic (exact) mass is 640 g/mol. The first kappa shape index (κ1) is 32.4. The molecule has 18 heteroatoms. The molecule has 238 valence electrons. The lowest BCUT2D eigenvalue weighted by Gasteiger charge is -2.53. The summed E-state index contributed by atoms with van der Waals surface area (Å²) < 4.78 is 146. The third-order valence-electron chi connectivity index (χ3n) is 7.91. The largest absolute Gasteiger partial charge is 0.434 e. The maximum atomic E-state index is 13.5. The summed E-state index contributed by atoms with van der Waals surface area (Å²) in [5, 5.41) is 0. The minimum Gasteiger partial charge on any atom is -0.426 e. The zero-order valence-electron chi connectivity index (χ0n) is 22.3. The number of piperidine rings is 1. The van der Waals surface area contributed by atoms with Gasteiger partial charge in [-0.05, 0) is 30.5 Å². The molecule has 1 spiro atoms. The van der Waals surface area contributed by atoms with Gasteiger partial charge in [0.25, 0.3) is 6.10 Å². The molecule has 0 aliphatic carbocycles. The maximum absolute atomic E-state index is 13.5. The Balaban J connectivity index is 1.41. The van der Waals surface area contributed by atoms with Gasteiger partial charge in [-0.25, -0.2) is 17.5 Å². The average Bonchev–Trinajstić information content (AvgIpc) is 2.84. The van der Waals surface area contributed by atoms with E-state index in [1.165, 1.54) is 10.4 Å². The van der Waals surface area contributed by atoms with Crippen molar-refractivity contribution in [3.8, 4) is 0 Å². The molecule has 1 amide bonds. The van der Waals surface area contributed by atoms with Gasteiger partial charge in [0.1, 0.15) is 0 Å². The molecule has 42 heavy (non-hydrogen) atoms. The number of ether oxygens (including phenoxy) is 1. The van der Waals surface area contributed by atoms with Gasteiger partial charge >= 0.3 is 24.6 Å². The summed E-state index contributed by atoms with van der Waals surface area (Å²) in [5.41, 5.74) is -0.233. The molecule has 8 nitrogen and oxygen atoms in total. The van der Waals surface area contributed by atoms with E-state index in [1.807, 2.05) is 0 Å². The van der Waals surface area contributed by atoms with Crippen molar-refractivity contribution >= 4 is 21.8 Å². The van der Waals surface area contributed by atoms with Crippen molar-refractivity contribution in [2.75, 3.05) is 63.5 Å². The molecule has 4 rings (SSSR count). The number of anilines is 1. The molecule has 3 saturated heterocycles. The molecule has 0 bridgehead atoms. The zero-order chi connectivity index (χ0) is 31.3. The second-order valence-electron chi connectivity index (χ2n) is 11.0. The Morgan fingerprint density at radius 2 is 1.45 bits per heavy atom. The van der Waals surface area contributed by atoms with E-state index in [1.54, 1.807) is 9.80 Å². The minimum atomic E-state index is -5.84. The van der Waals surface area contributed by atoms with Gasteiger partial charge in [-0.3, -0.25) is 4.90 Å². The Morgan fingerprint density at radius 3 is 1.93 bits per heavy atom. The van der Waals surface area contributed by atoms with Gasteiger partial charge in [-0.2, -0.15) is 39.5 Å². The Kier molecular flexibility index (Phi) is 8.67. The second-order valence-corrected chi connectivity index (χ2v) is 13.0. The van der Waals surface area contributed by atoms with Gasteiger partial charge in [0.2, 0.25) is 10.0 Å². The van der Waals surface area contributed by atoms with E-state index < -0.39 is 46.3 Å². The van der Waals surface area contributed by atoms with Gasteiger partial charge in [-0.1, -0.05) is 6.07 Å². The number of alkyl halides is 9. The number of amides is 1. The van der Waals surface area contributed by atoms with Crippen LogP contribution in [0.1, 0.15) is 24.0 Å². The number of carbonyl (C=O) groups is 1. The molecule has 0 atom stereocenters. The molecule has 3 heterocycles. The molecule has 0 radical (unpaired) electrons. The van der Waals surface area contributed by atoms with E-state index in [-0.39, 0.29) is 38.1 Å². The number of sulfonamides is 1. The number of hydrogen-bond donors (Lipinski definition) is 0. The summed E-state index contributed by atoms with van der Waals surface area (Å²) in [6, 6.07) is 3.30. The van der Waals surface area contributed by atoms with Gasteiger partial charge in [0, 0.05) is 70.0 Å². The van der Waals surface area contributed by atoms with Gasteiger partial charge in [0.05, 0.1) is 11.8 Å². The second kappa shape index (κ2) is 11.2. The SMILES string of the molecule is CS(=O)(=O)N1CC2(CCN(c3cc(C(F)(F)F)ccc3CN3CCN(C(=O)OC(C(F)(F)F)C(F)(F)F)CC3)CC2)C1. The number of nitrogens with zero attached hydrogens (tertiary/aromatic N) is 4. The van der Waals surface area contributed by atoms with E-state index in [2.05, 4.69) is 4.74 Å². The normalized spacial score (nSPS) is 21.1. The molecular formula is C24H29F9N4O4S. The van der Waals surface area contributed by atoms with E-state index in [9.17, 15) is 52.7 Å².